The van der Waals surface area contributed by atoms with Crippen molar-refractivity contribution in [3.8, 4) is 0 Å². The lowest BCUT2D eigenvalue weighted by atomic mass is 10.1. The molecule has 0 aliphatic carbocycles. The molecule has 70 valence electrons. The number of hydrogen-bond donors (Lipinski definition) is 1. The van der Waals surface area contributed by atoms with Crippen molar-refractivity contribution in [1.29, 1.82) is 0 Å². The molecule has 0 unspecified atom stereocenters. The minimum atomic E-state index is 0. The van der Waals surface area contributed by atoms with E-state index in [0.717, 1.165) is 0 Å². The van der Waals surface area contributed by atoms with Gasteiger partial charge in [-0.05, 0) is 31.7 Å². The largest absolute Gasteiger partial charge is 0.313 e. The van der Waals surface area contributed by atoms with E-state index < -0.39 is 0 Å². The number of pyridine rings is 1. The fourth-order valence-electron chi connectivity index (χ4n) is 0.819. The number of aromatic nitrogens is 1. The highest BCUT2D eigenvalue weighted by molar-refractivity contribution is 5.85. The van der Waals surface area contributed by atoms with E-state index in [1.807, 2.05) is 31.6 Å². The molecule has 0 aromatic carbocycles. The maximum atomic E-state index is 3.93. The standard InChI is InChI=1S/C8H12N2.2ClH/c1-7(9-2)8-3-5-10-6-4-8;;/h3-7,9H,1-2H3;2*1H/t7-;;/m0../s1. The minimum absolute atomic E-state index is 0. The van der Waals surface area contributed by atoms with Crippen molar-refractivity contribution in [2.45, 2.75) is 13.0 Å². The predicted octanol–water partition coefficient (Wildman–Crippen LogP) is 2.21. The van der Waals surface area contributed by atoms with Crippen molar-refractivity contribution in [3.63, 3.8) is 0 Å². The first-order chi connectivity index (χ1) is 4.84. The highest BCUT2D eigenvalue weighted by atomic mass is 35.5. The molecular formula is C8H14Cl2N2. The summed E-state index contributed by atoms with van der Waals surface area (Å²) >= 11 is 0. The van der Waals surface area contributed by atoms with Crippen molar-refractivity contribution >= 4 is 24.8 Å². The SMILES string of the molecule is CN[C@@H](C)c1ccncc1.Cl.Cl. The fourth-order valence-corrected chi connectivity index (χ4v) is 0.819. The average molecular weight is 209 g/mol. The van der Waals surface area contributed by atoms with Gasteiger partial charge in [0.05, 0.1) is 0 Å². The van der Waals surface area contributed by atoms with Gasteiger partial charge in [0.15, 0.2) is 0 Å². The van der Waals surface area contributed by atoms with Crippen LogP contribution in [0.25, 0.3) is 0 Å². The van der Waals surface area contributed by atoms with Crippen LogP contribution in [0.3, 0.4) is 0 Å². The van der Waals surface area contributed by atoms with Gasteiger partial charge in [-0.25, -0.2) is 0 Å². The summed E-state index contributed by atoms with van der Waals surface area (Å²) in [5, 5.41) is 3.15. The van der Waals surface area contributed by atoms with Gasteiger partial charge in [0.1, 0.15) is 0 Å². The first kappa shape index (κ1) is 14.2. The Balaban J connectivity index is 0. The first-order valence-corrected chi connectivity index (χ1v) is 3.42. The van der Waals surface area contributed by atoms with Gasteiger partial charge in [-0.15, -0.1) is 24.8 Å². The minimum Gasteiger partial charge on any atom is -0.313 e. The number of nitrogens with zero attached hydrogens (tertiary/aromatic N) is 1. The van der Waals surface area contributed by atoms with E-state index in [-0.39, 0.29) is 24.8 Å². The van der Waals surface area contributed by atoms with E-state index in [1.165, 1.54) is 5.56 Å². The van der Waals surface area contributed by atoms with Crippen molar-refractivity contribution in [2.24, 2.45) is 0 Å². The summed E-state index contributed by atoms with van der Waals surface area (Å²) in [5.74, 6) is 0. The maximum Gasteiger partial charge on any atom is 0.0290 e. The van der Waals surface area contributed by atoms with E-state index in [2.05, 4.69) is 17.2 Å². The second-order valence-corrected chi connectivity index (χ2v) is 2.29. The molecule has 0 fully saturated rings. The summed E-state index contributed by atoms with van der Waals surface area (Å²) in [7, 11) is 1.95. The van der Waals surface area contributed by atoms with E-state index in [4.69, 9.17) is 0 Å². The highest BCUT2D eigenvalue weighted by Gasteiger charge is 1.98. The Morgan fingerprint density at radius 1 is 1.25 bits per heavy atom. The monoisotopic (exact) mass is 208 g/mol. The molecule has 1 aromatic rings. The summed E-state index contributed by atoms with van der Waals surface area (Å²) in [4.78, 5) is 3.93. The predicted molar refractivity (Wildman–Crippen MR) is 56.2 cm³/mol. The van der Waals surface area contributed by atoms with Crippen LogP contribution in [0.1, 0.15) is 18.5 Å². The van der Waals surface area contributed by atoms with Gasteiger partial charge >= 0.3 is 0 Å². The molecule has 1 N–H and O–H groups in total. The third-order valence-corrected chi connectivity index (χ3v) is 1.64. The van der Waals surface area contributed by atoms with Crippen molar-refractivity contribution in [2.75, 3.05) is 7.05 Å². The molecule has 0 amide bonds. The molecule has 0 saturated carbocycles. The zero-order chi connectivity index (χ0) is 7.40. The van der Waals surface area contributed by atoms with Crippen molar-refractivity contribution in [1.82, 2.24) is 10.3 Å². The van der Waals surface area contributed by atoms with Crippen molar-refractivity contribution in [3.05, 3.63) is 30.1 Å². The van der Waals surface area contributed by atoms with E-state index in [1.54, 1.807) is 0 Å². The Bertz CT molecular complexity index is 192. The number of rotatable bonds is 2. The molecule has 0 spiro atoms. The van der Waals surface area contributed by atoms with Crippen LogP contribution in [0, 0.1) is 0 Å². The molecule has 1 atom stereocenters. The molecule has 12 heavy (non-hydrogen) atoms. The average Bonchev–Trinajstić information content (AvgIpc) is 2.05. The molecule has 2 nitrogen and oxygen atoms in total. The maximum absolute atomic E-state index is 3.93. The fraction of sp³-hybridized carbons (Fsp3) is 0.375. The third-order valence-electron chi connectivity index (χ3n) is 1.64. The summed E-state index contributed by atoms with van der Waals surface area (Å²) < 4.78 is 0. The Morgan fingerprint density at radius 2 is 1.75 bits per heavy atom. The Labute approximate surface area is 85.6 Å². The van der Waals surface area contributed by atoms with Gasteiger partial charge in [-0.1, -0.05) is 0 Å². The zero-order valence-corrected chi connectivity index (χ0v) is 8.78. The molecule has 0 aliphatic rings. The Kier molecular flexibility index (Phi) is 8.71. The molecule has 0 radical (unpaired) electrons. The normalized spacial score (nSPS) is 10.8. The second-order valence-electron chi connectivity index (χ2n) is 2.29. The summed E-state index contributed by atoms with van der Waals surface area (Å²) in [5.41, 5.74) is 1.28. The molecule has 4 heteroatoms. The molecule has 0 aliphatic heterocycles. The van der Waals surface area contributed by atoms with Gasteiger partial charge < -0.3 is 5.32 Å². The molecular weight excluding hydrogens is 195 g/mol. The van der Waals surface area contributed by atoms with E-state index in [9.17, 15) is 0 Å². The molecule has 0 bridgehead atoms. The van der Waals surface area contributed by atoms with Gasteiger partial charge in [0.2, 0.25) is 0 Å². The molecule has 1 aromatic heterocycles. The molecule has 0 saturated heterocycles. The quantitative estimate of drug-likeness (QED) is 0.807. The van der Waals surface area contributed by atoms with Crippen molar-refractivity contribution < 1.29 is 0 Å². The second kappa shape index (κ2) is 7.35. The molecule has 1 rings (SSSR count). The van der Waals surface area contributed by atoms with Crippen LogP contribution >= 0.6 is 24.8 Å². The van der Waals surface area contributed by atoms with Crippen LogP contribution in [0.4, 0.5) is 0 Å². The van der Waals surface area contributed by atoms with Crippen LogP contribution in [-0.2, 0) is 0 Å². The third kappa shape index (κ3) is 3.90. The lowest BCUT2D eigenvalue weighted by molar-refractivity contribution is 0.651. The number of halogens is 2. The van der Waals surface area contributed by atoms with Gasteiger partial charge in [-0.2, -0.15) is 0 Å². The highest BCUT2D eigenvalue weighted by Crippen LogP contribution is 2.08. The van der Waals surface area contributed by atoms with E-state index >= 15 is 0 Å². The van der Waals surface area contributed by atoms with Crippen LogP contribution in [-0.4, -0.2) is 12.0 Å². The van der Waals surface area contributed by atoms with Gasteiger partial charge in [0, 0.05) is 18.4 Å². The smallest absolute Gasteiger partial charge is 0.0290 e. The van der Waals surface area contributed by atoms with Crippen LogP contribution in [0.2, 0.25) is 0 Å². The van der Waals surface area contributed by atoms with Gasteiger partial charge in [-0.3, -0.25) is 4.98 Å². The van der Waals surface area contributed by atoms with Crippen LogP contribution in [0.15, 0.2) is 24.5 Å². The van der Waals surface area contributed by atoms with Crippen LogP contribution < -0.4 is 5.32 Å². The topological polar surface area (TPSA) is 24.9 Å². The lowest BCUT2D eigenvalue weighted by Crippen LogP contribution is -2.11. The number of nitrogens with one attached hydrogen (secondary N) is 1. The van der Waals surface area contributed by atoms with E-state index in [0.29, 0.717) is 6.04 Å². The van der Waals surface area contributed by atoms with Crippen LogP contribution in [0.5, 0.6) is 0 Å². The first-order valence-electron chi connectivity index (χ1n) is 3.42. The number of hydrogen-bond acceptors (Lipinski definition) is 2. The zero-order valence-electron chi connectivity index (χ0n) is 7.15. The lowest BCUT2D eigenvalue weighted by Gasteiger charge is -2.08. The Hall–Kier alpha value is -0.310. The summed E-state index contributed by atoms with van der Waals surface area (Å²) in [6, 6.07) is 4.45. The summed E-state index contributed by atoms with van der Waals surface area (Å²) in [6.45, 7) is 2.12. The Morgan fingerprint density at radius 3 is 2.17 bits per heavy atom. The van der Waals surface area contributed by atoms with Gasteiger partial charge in [0.25, 0.3) is 0 Å². The summed E-state index contributed by atoms with van der Waals surface area (Å²) in [6.07, 6.45) is 3.62. The molecule has 1 heterocycles.